The van der Waals surface area contributed by atoms with Gasteiger partial charge in [0.15, 0.2) is 0 Å². The van der Waals surface area contributed by atoms with E-state index in [-0.39, 0.29) is 5.69 Å². The zero-order chi connectivity index (χ0) is 13.1. The predicted molar refractivity (Wildman–Crippen MR) is 67.9 cm³/mol. The van der Waals surface area contributed by atoms with Crippen LogP contribution < -0.4 is 5.32 Å². The number of nitro groups is 1. The second kappa shape index (κ2) is 4.79. The lowest BCUT2D eigenvalue weighted by molar-refractivity contribution is -0.384. The summed E-state index contributed by atoms with van der Waals surface area (Å²) in [6, 6.07) is 4.63. The molecule has 2 aromatic heterocycles. The van der Waals surface area contributed by atoms with Crippen molar-refractivity contribution in [2.24, 2.45) is 0 Å². The van der Waals surface area contributed by atoms with Crippen LogP contribution in [0.2, 0.25) is 0 Å². The van der Waals surface area contributed by atoms with E-state index in [1.54, 1.807) is 6.20 Å². The molecule has 0 aromatic carbocycles. The topological polar surface area (TPSA) is 81.0 Å². The lowest BCUT2D eigenvalue weighted by Gasteiger charge is -2.08. The molecule has 2 heterocycles. The van der Waals surface area contributed by atoms with Gasteiger partial charge in [0, 0.05) is 29.8 Å². The largest absolute Gasteiger partial charge is 0.340 e. The molecule has 0 saturated heterocycles. The van der Waals surface area contributed by atoms with E-state index in [9.17, 15) is 10.1 Å². The first kappa shape index (κ1) is 12.0. The zero-order valence-electron chi connectivity index (χ0n) is 10.0. The SMILES string of the molecule is Cc1cc(Nc2cc([N+](=O)[O-])ccn2)c(C)cn1. The van der Waals surface area contributed by atoms with Crippen molar-refractivity contribution in [2.45, 2.75) is 13.8 Å². The summed E-state index contributed by atoms with van der Waals surface area (Å²) in [5.74, 6) is 0.443. The van der Waals surface area contributed by atoms with Gasteiger partial charge in [0.1, 0.15) is 5.82 Å². The summed E-state index contributed by atoms with van der Waals surface area (Å²) in [5.41, 5.74) is 2.67. The Bertz CT molecular complexity index is 598. The Kier molecular flexibility index (Phi) is 3.18. The minimum Gasteiger partial charge on any atom is -0.340 e. The van der Waals surface area contributed by atoms with Gasteiger partial charge >= 0.3 is 0 Å². The fraction of sp³-hybridized carbons (Fsp3) is 0.167. The molecular formula is C12H12N4O2. The molecular weight excluding hydrogens is 232 g/mol. The summed E-state index contributed by atoms with van der Waals surface area (Å²) in [7, 11) is 0. The Morgan fingerprint density at radius 2 is 2.06 bits per heavy atom. The number of aromatic nitrogens is 2. The molecule has 2 rings (SSSR count). The van der Waals surface area contributed by atoms with E-state index in [0.29, 0.717) is 5.82 Å². The molecule has 0 aliphatic rings. The highest BCUT2D eigenvalue weighted by molar-refractivity contribution is 5.61. The van der Waals surface area contributed by atoms with Crippen molar-refractivity contribution >= 4 is 17.2 Å². The average Bonchev–Trinajstić information content (AvgIpc) is 2.34. The van der Waals surface area contributed by atoms with Gasteiger partial charge in [0.25, 0.3) is 5.69 Å². The number of anilines is 2. The van der Waals surface area contributed by atoms with E-state index in [4.69, 9.17) is 0 Å². The summed E-state index contributed by atoms with van der Waals surface area (Å²) in [6.45, 7) is 3.79. The Balaban J connectivity index is 2.31. The van der Waals surface area contributed by atoms with E-state index >= 15 is 0 Å². The van der Waals surface area contributed by atoms with E-state index < -0.39 is 4.92 Å². The Morgan fingerprint density at radius 1 is 1.28 bits per heavy atom. The van der Waals surface area contributed by atoms with Gasteiger partial charge in [-0.2, -0.15) is 0 Å². The van der Waals surface area contributed by atoms with Crippen molar-refractivity contribution in [3.8, 4) is 0 Å². The first-order valence-corrected chi connectivity index (χ1v) is 5.37. The summed E-state index contributed by atoms with van der Waals surface area (Å²) >= 11 is 0. The van der Waals surface area contributed by atoms with Crippen LogP contribution in [0.25, 0.3) is 0 Å². The highest BCUT2D eigenvalue weighted by atomic mass is 16.6. The second-order valence-electron chi connectivity index (χ2n) is 3.92. The summed E-state index contributed by atoms with van der Waals surface area (Å²) in [5, 5.41) is 13.7. The molecule has 2 aromatic rings. The number of nitrogens with zero attached hydrogens (tertiary/aromatic N) is 3. The molecule has 0 spiro atoms. The van der Waals surface area contributed by atoms with Crippen LogP contribution in [-0.4, -0.2) is 14.9 Å². The van der Waals surface area contributed by atoms with Crippen LogP contribution in [0.3, 0.4) is 0 Å². The van der Waals surface area contributed by atoms with Gasteiger partial charge < -0.3 is 5.32 Å². The maximum Gasteiger partial charge on any atom is 0.274 e. The summed E-state index contributed by atoms with van der Waals surface area (Å²) in [4.78, 5) is 18.4. The lowest BCUT2D eigenvalue weighted by Crippen LogP contribution is -1.98. The third kappa shape index (κ3) is 2.60. The molecule has 0 atom stereocenters. The standard InChI is InChI=1S/C12H12N4O2/c1-8-7-14-9(2)5-11(8)15-12-6-10(16(17)18)3-4-13-12/h3-7H,1-2H3,(H,13,14,15). The molecule has 6 heteroatoms. The van der Waals surface area contributed by atoms with Crippen LogP contribution in [0.1, 0.15) is 11.3 Å². The van der Waals surface area contributed by atoms with Gasteiger partial charge in [-0.05, 0) is 25.5 Å². The van der Waals surface area contributed by atoms with Gasteiger partial charge in [-0.1, -0.05) is 0 Å². The summed E-state index contributed by atoms with van der Waals surface area (Å²) < 4.78 is 0. The molecule has 6 nitrogen and oxygen atoms in total. The Morgan fingerprint density at radius 3 is 2.78 bits per heavy atom. The maximum atomic E-state index is 10.7. The highest BCUT2D eigenvalue weighted by Crippen LogP contribution is 2.21. The number of hydrogen-bond acceptors (Lipinski definition) is 5. The molecule has 0 bridgehead atoms. The van der Waals surface area contributed by atoms with Gasteiger partial charge in [0.05, 0.1) is 11.0 Å². The molecule has 0 radical (unpaired) electrons. The van der Waals surface area contributed by atoms with Gasteiger partial charge in [-0.3, -0.25) is 15.1 Å². The van der Waals surface area contributed by atoms with E-state index in [0.717, 1.165) is 16.9 Å². The monoisotopic (exact) mass is 244 g/mol. The first-order chi connectivity index (χ1) is 8.56. The fourth-order valence-electron chi connectivity index (χ4n) is 1.50. The van der Waals surface area contributed by atoms with Crippen LogP contribution in [0.5, 0.6) is 0 Å². The average molecular weight is 244 g/mol. The Hall–Kier alpha value is -2.50. The minimum atomic E-state index is -0.447. The summed E-state index contributed by atoms with van der Waals surface area (Å²) in [6.07, 6.45) is 3.15. The number of pyridine rings is 2. The van der Waals surface area contributed by atoms with E-state index in [2.05, 4.69) is 15.3 Å². The van der Waals surface area contributed by atoms with Crippen LogP contribution in [0, 0.1) is 24.0 Å². The molecule has 0 aliphatic carbocycles. The molecule has 0 aliphatic heterocycles. The first-order valence-electron chi connectivity index (χ1n) is 5.37. The fourth-order valence-corrected chi connectivity index (χ4v) is 1.50. The normalized spacial score (nSPS) is 10.1. The predicted octanol–water partition coefficient (Wildman–Crippen LogP) is 2.75. The second-order valence-corrected chi connectivity index (χ2v) is 3.92. The number of rotatable bonds is 3. The van der Waals surface area contributed by atoms with Crippen molar-refractivity contribution < 1.29 is 4.92 Å². The van der Waals surface area contributed by atoms with Crippen LogP contribution >= 0.6 is 0 Å². The molecule has 1 N–H and O–H groups in total. The number of aryl methyl sites for hydroxylation is 2. The molecule has 18 heavy (non-hydrogen) atoms. The quantitative estimate of drug-likeness (QED) is 0.663. The molecule has 92 valence electrons. The number of hydrogen-bond donors (Lipinski definition) is 1. The molecule has 0 saturated carbocycles. The number of nitrogens with one attached hydrogen (secondary N) is 1. The van der Waals surface area contributed by atoms with E-state index in [1.807, 2.05) is 19.9 Å². The van der Waals surface area contributed by atoms with E-state index in [1.165, 1.54) is 18.3 Å². The smallest absolute Gasteiger partial charge is 0.274 e. The van der Waals surface area contributed by atoms with Crippen molar-refractivity contribution in [1.29, 1.82) is 0 Å². The van der Waals surface area contributed by atoms with Crippen LogP contribution in [0.15, 0.2) is 30.6 Å². The maximum absolute atomic E-state index is 10.7. The van der Waals surface area contributed by atoms with Gasteiger partial charge in [0.2, 0.25) is 0 Å². The highest BCUT2D eigenvalue weighted by Gasteiger charge is 2.07. The van der Waals surface area contributed by atoms with Crippen LogP contribution in [0.4, 0.5) is 17.2 Å². The molecule has 0 fully saturated rings. The Labute approximate surface area is 104 Å². The van der Waals surface area contributed by atoms with Gasteiger partial charge in [-0.25, -0.2) is 4.98 Å². The third-order valence-corrected chi connectivity index (χ3v) is 2.46. The lowest BCUT2D eigenvalue weighted by atomic mass is 10.2. The van der Waals surface area contributed by atoms with Crippen LogP contribution in [-0.2, 0) is 0 Å². The zero-order valence-corrected chi connectivity index (χ0v) is 10.0. The van der Waals surface area contributed by atoms with Crippen molar-refractivity contribution in [3.05, 3.63) is 52.0 Å². The third-order valence-electron chi connectivity index (χ3n) is 2.46. The molecule has 0 amide bonds. The molecule has 0 unspecified atom stereocenters. The van der Waals surface area contributed by atoms with Crippen molar-refractivity contribution in [1.82, 2.24) is 9.97 Å². The van der Waals surface area contributed by atoms with Crippen molar-refractivity contribution in [3.63, 3.8) is 0 Å². The minimum absolute atomic E-state index is 0.0101. The van der Waals surface area contributed by atoms with Gasteiger partial charge in [-0.15, -0.1) is 0 Å². The van der Waals surface area contributed by atoms with Crippen molar-refractivity contribution in [2.75, 3.05) is 5.32 Å².